The van der Waals surface area contributed by atoms with E-state index in [2.05, 4.69) is 31.4 Å². The van der Waals surface area contributed by atoms with Crippen molar-refractivity contribution in [2.75, 3.05) is 25.1 Å². The van der Waals surface area contributed by atoms with Gasteiger partial charge >= 0.3 is 0 Å². The summed E-state index contributed by atoms with van der Waals surface area (Å²) >= 11 is 0. The highest BCUT2D eigenvalue weighted by atomic mass is 16.5. The van der Waals surface area contributed by atoms with Gasteiger partial charge in [-0.3, -0.25) is 9.59 Å². The van der Waals surface area contributed by atoms with Gasteiger partial charge in [-0.25, -0.2) is 0 Å². The van der Waals surface area contributed by atoms with E-state index in [1.54, 1.807) is 24.3 Å². The van der Waals surface area contributed by atoms with Crippen molar-refractivity contribution in [2.24, 2.45) is 0 Å². The number of nitrogens with one attached hydrogen (secondary N) is 2. The summed E-state index contributed by atoms with van der Waals surface area (Å²) in [5.74, 6) is 0.181. The Morgan fingerprint density at radius 1 is 1.16 bits per heavy atom. The molecule has 1 saturated heterocycles. The normalized spacial score (nSPS) is 16.0. The molecule has 166 valence electrons. The highest BCUT2D eigenvalue weighted by molar-refractivity contribution is 5.97. The number of carbonyl (C=O) groups excluding carboxylic acids is 2. The van der Waals surface area contributed by atoms with Gasteiger partial charge in [0.05, 0.1) is 6.10 Å². The molecule has 0 aliphatic carbocycles. The van der Waals surface area contributed by atoms with Crippen LogP contribution in [0.4, 0.5) is 5.69 Å². The van der Waals surface area contributed by atoms with E-state index in [0.717, 1.165) is 25.9 Å². The Hall–Kier alpha value is -2.86. The molecule has 1 heterocycles. The largest absolute Gasteiger partial charge is 0.484 e. The van der Waals surface area contributed by atoms with Crippen LogP contribution in [0.25, 0.3) is 0 Å². The molecule has 2 amide bonds. The minimum absolute atomic E-state index is 0.0890. The number of ether oxygens (including phenoxy) is 2. The molecule has 2 aromatic carbocycles. The van der Waals surface area contributed by atoms with Crippen LogP contribution < -0.4 is 15.4 Å². The van der Waals surface area contributed by atoms with Crippen molar-refractivity contribution in [3.63, 3.8) is 0 Å². The van der Waals surface area contributed by atoms with Gasteiger partial charge in [-0.1, -0.05) is 39.0 Å². The van der Waals surface area contributed by atoms with Gasteiger partial charge in [0.1, 0.15) is 5.75 Å². The minimum atomic E-state index is -0.283. The van der Waals surface area contributed by atoms with Gasteiger partial charge in [0.25, 0.3) is 11.8 Å². The summed E-state index contributed by atoms with van der Waals surface area (Å²) in [4.78, 5) is 24.7. The number of carbonyl (C=O) groups is 2. The molecule has 0 spiro atoms. The van der Waals surface area contributed by atoms with Crippen molar-refractivity contribution in [3.05, 3.63) is 59.7 Å². The lowest BCUT2D eigenvalue weighted by molar-refractivity contribution is -0.118. The zero-order valence-electron chi connectivity index (χ0n) is 18.6. The number of hydrogen-bond acceptors (Lipinski definition) is 4. The van der Waals surface area contributed by atoms with E-state index in [-0.39, 0.29) is 29.9 Å². The van der Waals surface area contributed by atoms with Gasteiger partial charge in [-0.15, -0.1) is 0 Å². The van der Waals surface area contributed by atoms with Crippen LogP contribution in [0.15, 0.2) is 48.5 Å². The molecule has 3 rings (SSSR count). The van der Waals surface area contributed by atoms with Gasteiger partial charge < -0.3 is 20.1 Å². The zero-order chi connectivity index (χ0) is 22.3. The smallest absolute Gasteiger partial charge is 0.262 e. The van der Waals surface area contributed by atoms with E-state index in [9.17, 15) is 9.59 Å². The molecule has 0 bridgehead atoms. The molecular weight excluding hydrogens is 392 g/mol. The molecule has 6 nitrogen and oxygen atoms in total. The lowest BCUT2D eigenvalue weighted by atomic mass is 9.82. The second-order valence-electron chi connectivity index (χ2n) is 8.52. The summed E-state index contributed by atoms with van der Waals surface area (Å²) in [5.41, 5.74) is 2.39. The van der Waals surface area contributed by atoms with Gasteiger partial charge in [-0.2, -0.15) is 0 Å². The molecular formula is C25H32N2O4. The van der Waals surface area contributed by atoms with Crippen molar-refractivity contribution < 1.29 is 19.1 Å². The first-order valence-electron chi connectivity index (χ1n) is 10.9. The molecule has 2 aromatic rings. The topological polar surface area (TPSA) is 76.7 Å². The SMILES string of the molecule is CCC(C)(C)c1ccc(OCC(=O)Nc2cccc(C(=O)NCC3CCCO3)c2)cc1. The number of anilines is 1. The lowest BCUT2D eigenvalue weighted by Gasteiger charge is -2.23. The molecule has 2 N–H and O–H groups in total. The third-order valence-corrected chi connectivity index (χ3v) is 5.81. The second-order valence-corrected chi connectivity index (χ2v) is 8.52. The average molecular weight is 425 g/mol. The standard InChI is InChI=1S/C25H32N2O4/c1-4-25(2,3)19-10-12-21(13-11-19)31-17-23(28)27-20-8-5-7-18(15-20)24(29)26-16-22-9-6-14-30-22/h5,7-8,10-13,15,22H,4,6,9,14,16-17H2,1-3H3,(H,26,29)(H,27,28). The quantitative estimate of drug-likeness (QED) is 0.629. The predicted molar refractivity (Wildman–Crippen MR) is 122 cm³/mol. The fourth-order valence-corrected chi connectivity index (χ4v) is 3.40. The van der Waals surface area contributed by atoms with Gasteiger partial charge in [0, 0.05) is 24.4 Å². The van der Waals surface area contributed by atoms with Crippen molar-refractivity contribution >= 4 is 17.5 Å². The molecule has 0 aromatic heterocycles. The molecule has 1 aliphatic heterocycles. The maximum atomic E-state index is 12.4. The zero-order valence-corrected chi connectivity index (χ0v) is 18.6. The number of benzene rings is 2. The van der Waals surface area contributed by atoms with E-state index in [4.69, 9.17) is 9.47 Å². The van der Waals surface area contributed by atoms with E-state index >= 15 is 0 Å². The summed E-state index contributed by atoms with van der Waals surface area (Å²) in [5, 5.41) is 5.67. The number of hydrogen-bond donors (Lipinski definition) is 2. The molecule has 6 heteroatoms. The van der Waals surface area contributed by atoms with Gasteiger partial charge in [0.2, 0.25) is 0 Å². The average Bonchev–Trinajstić information content (AvgIpc) is 3.30. The van der Waals surface area contributed by atoms with E-state index in [1.807, 2.05) is 24.3 Å². The first-order chi connectivity index (χ1) is 14.9. The van der Waals surface area contributed by atoms with Crippen LogP contribution in [0.5, 0.6) is 5.75 Å². The van der Waals surface area contributed by atoms with Crippen LogP contribution >= 0.6 is 0 Å². The van der Waals surface area contributed by atoms with Crippen LogP contribution in [-0.4, -0.2) is 37.7 Å². The van der Waals surface area contributed by atoms with Crippen molar-refractivity contribution in [1.82, 2.24) is 5.32 Å². The van der Waals surface area contributed by atoms with Crippen molar-refractivity contribution in [2.45, 2.75) is 51.6 Å². The summed E-state index contributed by atoms with van der Waals surface area (Å²) in [6.07, 6.45) is 3.13. The maximum Gasteiger partial charge on any atom is 0.262 e. The fraction of sp³-hybridized carbons (Fsp3) is 0.440. The Morgan fingerprint density at radius 2 is 1.94 bits per heavy atom. The highest BCUT2D eigenvalue weighted by Gasteiger charge is 2.18. The summed E-state index contributed by atoms with van der Waals surface area (Å²) < 4.78 is 11.1. The second kappa shape index (κ2) is 10.4. The van der Waals surface area contributed by atoms with Crippen LogP contribution in [0.1, 0.15) is 56.0 Å². The molecule has 1 atom stereocenters. The minimum Gasteiger partial charge on any atom is -0.484 e. The Bertz CT molecular complexity index is 887. The van der Waals surface area contributed by atoms with E-state index in [0.29, 0.717) is 23.5 Å². The Morgan fingerprint density at radius 3 is 2.61 bits per heavy atom. The lowest BCUT2D eigenvalue weighted by Crippen LogP contribution is -2.31. The molecule has 1 fully saturated rings. The highest BCUT2D eigenvalue weighted by Crippen LogP contribution is 2.28. The summed E-state index contributed by atoms with van der Waals surface area (Å²) in [6, 6.07) is 14.7. The van der Waals surface area contributed by atoms with Crippen molar-refractivity contribution in [3.8, 4) is 5.75 Å². The van der Waals surface area contributed by atoms with Gasteiger partial charge in [-0.05, 0) is 60.6 Å². The first-order valence-corrected chi connectivity index (χ1v) is 10.9. The summed E-state index contributed by atoms with van der Waals surface area (Å²) in [7, 11) is 0. The molecule has 1 unspecified atom stereocenters. The Labute approximate surface area is 184 Å². The van der Waals surface area contributed by atoms with Crippen LogP contribution in [0.3, 0.4) is 0 Å². The van der Waals surface area contributed by atoms with E-state index in [1.165, 1.54) is 5.56 Å². The molecule has 0 saturated carbocycles. The Balaban J connectivity index is 1.49. The maximum absolute atomic E-state index is 12.4. The third-order valence-electron chi connectivity index (χ3n) is 5.81. The molecule has 31 heavy (non-hydrogen) atoms. The fourth-order valence-electron chi connectivity index (χ4n) is 3.40. The third kappa shape index (κ3) is 6.56. The van der Waals surface area contributed by atoms with Crippen molar-refractivity contribution in [1.29, 1.82) is 0 Å². The molecule has 1 aliphatic rings. The first kappa shape index (κ1) is 22.8. The Kier molecular flexibility index (Phi) is 7.69. The number of rotatable bonds is 9. The molecule has 0 radical (unpaired) electrons. The summed E-state index contributed by atoms with van der Waals surface area (Å²) in [6.45, 7) is 7.71. The van der Waals surface area contributed by atoms with Gasteiger partial charge in [0.15, 0.2) is 6.61 Å². The van der Waals surface area contributed by atoms with Crippen LogP contribution in [-0.2, 0) is 14.9 Å². The monoisotopic (exact) mass is 424 g/mol. The number of amides is 2. The predicted octanol–water partition coefficient (Wildman–Crippen LogP) is 4.30. The van der Waals surface area contributed by atoms with Crippen LogP contribution in [0, 0.1) is 0 Å². The van der Waals surface area contributed by atoms with E-state index < -0.39 is 0 Å². The van der Waals surface area contributed by atoms with Crippen LogP contribution in [0.2, 0.25) is 0 Å².